The van der Waals surface area contributed by atoms with Crippen molar-refractivity contribution in [3.05, 3.63) is 64.1 Å². The molecule has 0 saturated heterocycles. The summed E-state index contributed by atoms with van der Waals surface area (Å²) in [5.41, 5.74) is 3.65. The van der Waals surface area contributed by atoms with Crippen LogP contribution in [0.4, 0.5) is 5.69 Å². The van der Waals surface area contributed by atoms with Gasteiger partial charge in [-0.1, -0.05) is 36.4 Å². The maximum atomic E-state index is 11.9. The van der Waals surface area contributed by atoms with E-state index < -0.39 is 0 Å². The number of carbonyl (C=O) groups is 1. The van der Waals surface area contributed by atoms with Gasteiger partial charge in [0.15, 0.2) is 0 Å². The van der Waals surface area contributed by atoms with E-state index in [1.165, 1.54) is 18.2 Å². The Morgan fingerprint density at radius 3 is 2.73 bits per heavy atom. The lowest BCUT2D eigenvalue weighted by molar-refractivity contribution is -0.141. The van der Waals surface area contributed by atoms with Crippen molar-refractivity contribution in [2.45, 2.75) is 18.9 Å². The number of anilines is 1. The molecule has 1 heterocycles. The topological polar surface area (TPSA) is 29.5 Å². The number of rotatable bonds is 3. The summed E-state index contributed by atoms with van der Waals surface area (Å²) in [6.45, 7) is 0.890. The Labute approximate surface area is 139 Å². The Kier molecular flexibility index (Phi) is 4.48. The summed E-state index contributed by atoms with van der Waals surface area (Å²) < 4.78 is 5.95. The number of para-hydroxylation sites is 1. The molecule has 0 spiro atoms. The summed E-state index contributed by atoms with van der Waals surface area (Å²) in [4.78, 5) is 14.2. The number of carbonyl (C=O) groups excluding carboxylic acids is 1. The number of ether oxygens (including phenoxy) is 1. The molecule has 1 atom stereocenters. The molecule has 2 aromatic carbocycles. The van der Waals surface area contributed by atoms with Crippen LogP contribution in [-0.4, -0.2) is 19.6 Å². The van der Waals surface area contributed by atoms with Crippen LogP contribution in [0, 0.1) is 0 Å². The third-order valence-corrected chi connectivity index (χ3v) is 4.83. The number of hydrogen-bond donors (Lipinski definition) is 0. The van der Waals surface area contributed by atoms with Gasteiger partial charge in [0.25, 0.3) is 0 Å². The summed E-state index contributed by atoms with van der Waals surface area (Å²) >= 11 is 3.62. The highest BCUT2D eigenvalue weighted by atomic mass is 79.9. The lowest BCUT2D eigenvalue weighted by atomic mass is 9.90. The van der Waals surface area contributed by atoms with Crippen molar-refractivity contribution in [2.75, 3.05) is 18.6 Å². The third-order valence-electron chi connectivity index (χ3n) is 4.16. The lowest BCUT2D eigenvalue weighted by Gasteiger charge is -2.39. The maximum Gasteiger partial charge on any atom is 0.307 e. The van der Waals surface area contributed by atoms with Gasteiger partial charge >= 0.3 is 5.97 Å². The first-order valence-corrected chi connectivity index (χ1v) is 8.16. The number of esters is 1. The number of halogens is 1. The summed E-state index contributed by atoms with van der Waals surface area (Å²) in [6, 6.07) is 16.5. The van der Waals surface area contributed by atoms with Gasteiger partial charge in [-0.15, -0.1) is 0 Å². The predicted molar refractivity (Wildman–Crippen MR) is 91.0 cm³/mol. The average Bonchev–Trinajstić information content (AvgIpc) is 2.56. The Balaban J connectivity index is 2.02. The molecule has 114 valence electrons. The molecule has 0 N–H and O–H groups in total. The monoisotopic (exact) mass is 359 g/mol. The van der Waals surface area contributed by atoms with E-state index in [0.717, 1.165) is 23.1 Å². The van der Waals surface area contributed by atoms with Crippen LogP contribution in [0.25, 0.3) is 0 Å². The van der Waals surface area contributed by atoms with Crippen LogP contribution in [-0.2, 0) is 16.0 Å². The molecule has 0 fully saturated rings. The third kappa shape index (κ3) is 2.88. The molecule has 0 radical (unpaired) electrons. The van der Waals surface area contributed by atoms with E-state index in [2.05, 4.69) is 45.1 Å². The minimum absolute atomic E-state index is 0.0103. The number of benzene rings is 2. The predicted octanol–water partition coefficient (Wildman–Crippen LogP) is 4.12. The van der Waals surface area contributed by atoms with Crippen molar-refractivity contribution in [2.24, 2.45) is 0 Å². The van der Waals surface area contributed by atoms with Crippen LogP contribution < -0.4 is 4.90 Å². The Hall–Kier alpha value is -1.81. The largest absolute Gasteiger partial charge is 0.469 e. The smallest absolute Gasteiger partial charge is 0.307 e. The molecule has 3 nitrogen and oxygen atoms in total. The number of fused-ring (bicyclic) bond motifs is 1. The van der Waals surface area contributed by atoms with E-state index in [9.17, 15) is 4.79 Å². The summed E-state index contributed by atoms with van der Waals surface area (Å²) in [6.07, 6.45) is 1.34. The van der Waals surface area contributed by atoms with Crippen LogP contribution >= 0.6 is 15.9 Å². The normalized spacial score (nSPS) is 17.0. The van der Waals surface area contributed by atoms with Gasteiger partial charge < -0.3 is 9.64 Å². The first kappa shape index (κ1) is 15.1. The second-order valence-corrected chi connectivity index (χ2v) is 6.24. The highest BCUT2D eigenvalue weighted by Gasteiger charge is 2.30. The molecule has 0 aliphatic carbocycles. The molecule has 3 rings (SSSR count). The van der Waals surface area contributed by atoms with Crippen molar-refractivity contribution >= 4 is 27.6 Å². The fourth-order valence-electron chi connectivity index (χ4n) is 3.09. The van der Waals surface area contributed by atoms with Gasteiger partial charge in [0.05, 0.1) is 25.3 Å². The maximum absolute atomic E-state index is 11.9. The molecule has 1 aliphatic heterocycles. The van der Waals surface area contributed by atoms with Gasteiger partial charge in [0.2, 0.25) is 0 Å². The van der Waals surface area contributed by atoms with Crippen LogP contribution in [0.1, 0.15) is 23.6 Å². The Bertz CT molecular complexity index is 686. The van der Waals surface area contributed by atoms with Crippen molar-refractivity contribution in [1.82, 2.24) is 0 Å². The van der Waals surface area contributed by atoms with E-state index >= 15 is 0 Å². The quantitative estimate of drug-likeness (QED) is 0.772. The second kappa shape index (κ2) is 6.53. The number of nitrogens with zero attached hydrogens (tertiary/aromatic N) is 1. The molecule has 0 unspecified atom stereocenters. The minimum atomic E-state index is -0.182. The molecule has 22 heavy (non-hydrogen) atoms. The summed E-state index contributed by atoms with van der Waals surface area (Å²) in [7, 11) is 1.44. The van der Waals surface area contributed by atoms with Gasteiger partial charge in [0.1, 0.15) is 0 Å². The van der Waals surface area contributed by atoms with Gasteiger partial charge in [-0.3, -0.25) is 4.79 Å². The molecule has 0 saturated carbocycles. The minimum Gasteiger partial charge on any atom is -0.469 e. The van der Waals surface area contributed by atoms with Crippen molar-refractivity contribution in [3.8, 4) is 0 Å². The first-order chi connectivity index (χ1) is 10.7. The molecule has 0 bridgehead atoms. The van der Waals surface area contributed by atoms with E-state index in [1.54, 1.807) is 0 Å². The number of methoxy groups -OCH3 is 1. The zero-order valence-corrected chi connectivity index (χ0v) is 14.0. The lowest BCUT2D eigenvalue weighted by Crippen LogP contribution is -2.37. The van der Waals surface area contributed by atoms with Crippen LogP contribution in [0.5, 0.6) is 0 Å². The van der Waals surface area contributed by atoms with Crippen molar-refractivity contribution in [1.29, 1.82) is 0 Å². The molecule has 1 aliphatic rings. The highest BCUT2D eigenvalue weighted by molar-refractivity contribution is 9.10. The fraction of sp³-hybridized carbons (Fsp3) is 0.278. The highest BCUT2D eigenvalue weighted by Crippen LogP contribution is 2.38. The standard InChI is InChI=1S/C18H18BrNO2/c1-22-18(21)12-17-14-7-3-2-6-13(14)10-11-20(17)16-9-5-4-8-15(16)19/h2-9,17H,10-12H2,1H3/t17-/m1/s1. The van der Waals surface area contributed by atoms with Gasteiger partial charge in [-0.05, 0) is 45.6 Å². The zero-order valence-electron chi connectivity index (χ0n) is 12.5. The number of hydrogen-bond acceptors (Lipinski definition) is 3. The van der Waals surface area contributed by atoms with E-state index in [1.807, 2.05) is 24.3 Å². The van der Waals surface area contributed by atoms with Gasteiger partial charge in [-0.25, -0.2) is 0 Å². The van der Waals surface area contributed by atoms with Crippen molar-refractivity contribution in [3.63, 3.8) is 0 Å². The molecular weight excluding hydrogens is 342 g/mol. The average molecular weight is 360 g/mol. The SMILES string of the molecule is COC(=O)C[C@@H]1c2ccccc2CCN1c1ccccc1Br. The summed E-state index contributed by atoms with van der Waals surface area (Å²) in [5, 5.41) is 0. The Morgan fingerprint density at radius 1 is 1.23 bits per heavy atom. The second-order valence-electron chi connectivity index (χ2n) is 5.39. The zero-order chi connectivity index (χ0) is 15.5. The molecule has 0 amide bonds. The molecular formula is C18H18BrNO2. The molecule has 2 aromatic rings. The molecule has 0 aromatic heterocycles. The van der Waals surface area contributed by atoms with E-state index in [0.29, 0.717) is 6.42 Å². The summed E-state index contributed by atoms with van der Waals surface area (Å²) in [5.74, 6) is -0.182. The van der Waals surface area contributed by atoms with Crippen LogP contribution in [0.15, 0.2) is 53.0 Å². The fourth-order valence-corrected chi connectivity index (χ4v) is 3.60. The first-order valence-electron chi connectivity index (χ1n) is 7.36. The van der Waals surface area contributed by atoms with E-state index in [4.69, 9.17) is 4.74 Å². The Morgan fingerprint density at radius 2 is 1.95 bits per heavy atom. The van der Waals surface area contributed by atoms with Gasteiger partial charge in [0, 0.05) is 11.0 Å². The van der Waals surface area contributed by atoms with Gasteiger partial charge in [-0.2, -0.15) is 0 Å². The van der Waals surface area contributed by atoms with Crippen LogP contribution in [0.2, 0.25) is 0 Å². The van der Waals surface area contributed by atoms with Crippen LogP contribution in [0.3, 0.4) is 0 Å². The molecule has 4 heteroatoms. The van der Waals surface area contributed by atoms with E-state index in [-0.39, 0.29) is 12.0 Å². The van der Waals surface area contributed by atoms with Crippen molar-refractivity contribution < 1.29 is 9.53 Å².